The van der Waals surface area contributed by atoms with Crippen LogP contribution in [-0.4, -0.2) is 38.9 Å². The van der Waals surface area contributed by atoms with Crippen LogP contribution in [0.4, 0.5) is 0 Å². The van der Waals surface area contributed by atoms with Crippen LogP contribution in [0.1, 0.15) is 43.0 Å². The first-order valence-electron chi connectivity index (χ1n) is 9.00. The topological polar surface area (TPSA) is 43.2 Å². The Bertz CT molecular complexity index is 620. The number of aryl methyl sites for hydroxylation is 1. The van der Waals surface area contributed by atoms with Crippen molar-refractivity contribution < 1.29 is 4.74 Å². The highest BCUT2D eigenvalue weighted by atomic mass is 16.5. The minimum atomic E-state index is 0.359. The van der Waals surface area contributed by atoms with Gasteiger partial charge in [0.25, 0.3) is 0 Å². The van der Waals surface area contributed by atoms with E-state index in [1.807, 2.05) is 18.6 Å². The van der Waals surface area contributed by atoms with Crippen LogP contribution in [-0.2, 0) is 24.4 Å². The maximum atomic E-state index is 5.86. The van der Waals surface area contributed by atoms with E-state index in [4.69, 9.17) is 4.74 Å². The number of hydrogen-bond acceptors (Lipinski definition) is 4. The molecule has 0 spiro atoms. The molecule has 0 saturated carbocycles. The summed E-state index contributed by atoms with van der Waals surface area (Å²) in [6.07, 6.45) is 9.58. The monoisotopic (exact) mass is 328 g/mol. The fraction of sp³-hybridized carbons (Fsp3) is 0.579. The highest BCUT2D eigenvalue weighted by molar-refractivity contribution is 5.17. The Kier molecular flexibility index (Phi) is 5.99. The molecular formula is C19H28N4O. The molecule has 5 nitrogen and oxygen atoms in total. The predicted molar refractivity (Wildman–Crippen MR) is 94.6 cm³/mol. The molecule has 5 heteroatoms. The Morgan fingerprint density at radius 2 is 2.12 bits per heavy atom. The minimum Gasteiger partial charge on any atom is -0.377 e. The van der Waals surface area contributed by atoms with Crippen molar-refractivity contribution in [3.8, 4) is 0 Å². The molecule has 0 bridgehead atoms. The zero-order valence-electron chi connectivity index (χ0n) is 14.8. The highest BCUT2D eigenvalue weighted by Gasteiger charge is 2.20. The predicted octanol–water partition coefficient (Wildman–Crippen LogP) is 3.18. The van der Waals surface area contributed by atoms with Gasteiger partial charge in [-0.2, -0.15) is 5.10 Å². The van der Waals surface area contributed by atoms with Crippen LogP contribution in [0.3, 0.4) is 0 Å². The van der Waals surface area contributed by atoms with Crippen molar-refractivity contribution >= 4 is 0 Å². The van der Waals surface area contributed by atoms with E-state index in [1.165, 1.54) is 29.7 Å². The number of ether oxygens (including phenoxy) is 1. The largest absolute Gasteiger partial charge is 0.377 e. The number of nitrogens with zero attached hydrogens (tertiary/aromatic N) is 4. The first-order chi connectivity index (χ1) is 11.8. The van der Waals surface area contributed by atoms with E-state index >= 15 is 0 Å². The third-order valence-electron chi connectivity index (χ3n) is 4.68. The fourth-order valence-electron chi connectivity index (χ4n) is 3.33. The number of rotatable bonds is 8. The van der Waals surface area contributed by atoms with Gasteiger partial charge < -0.3 is 4.74 Å². The first kappa shape index (κ1) is 17.1. The van der Waals surface area contributed by atoms with Crippen molar-refractivity contribution in [1.82, 2.24) is 19.7 Å². The van der Waals surface area contributed by atoms with Crippen molar-refractivity contribution in [3.63, 3.8) is 0 Å². The van der Waals surface area contributed by atoms with E-state index in [-0.39, 0.29) is 0 Å². The molecule has 1 fully saturated rings. The van der Waals surface area contributed by atoms with E-state index in [0.29, 0.717) is 6.10 Å². The summed E-state index contributed by atoms with van der Waals surface area (Å²) in [4.78, 5) is 6.60. The summed E-state index contributed by atoms with van der Waals surface area (Å²) in [5, 5.41) is 4.55. The maximum absolute atomic E-state index is 5.86. The number of pyridine rings is 1. The van der Waals surface area contributed by atoms with Crippen LogP contribution in [0.2, 0.25) is 0 Å². The second-order valence-corrected chi connectivity index (χ2v) is 6.64. The lowest BCUT2D eigenvalue weighted by atomic mass is 10.1. The molecule has 0 aliphatic carbocycles. The molecule has 24 heavy (non-hydrogen) atoms. The molecule has 1 aliphatic rings. The van der Waals surface area contributed by atoms with Gasteiger partial charge in [-0.15, -0.1) is 0 Å². The maximum Gasteiger partial charge on any atom is 0.0703 e. The average Bonchev–Trinajstić information content (AvgIpc) is 3.21. The van der Waals surface area contributed by atoms with Crippen molar-refractivity contribution in [2.45, 2.75) is 58.8 Å². The standard InChI is InChI=1S/C19H28N4O/c1-3-10-23-16(2)18(12-21-23)14-22(15-19-5-4-11-24-19)13-17-6-8-20-9-7-17/h6-9,12,19H,3-5,10-11,13-15H2,1-2H3/t19-/m0/s1. The second-order valence-electron chi connectivity index (χ2n) is 6.64. The minimum absolute atomic E-state index is 0.359. The zero-order chi connectivity index (χ0) is 16.8. The van der Waals surface area contributed by atoms with Crippen molar-refractivity contribution in [2.75, 3.05) is 13.2 Å². The molecule has 0 aromatic carbocycles. The van der Waals surface area contributed by atoms with Gasteiger partial charge in [-0.1, -0.05) is 6.92 Å². The Labute approximate surface area is 144 Å². The molecule has 3 rings (SSSR count). The molecule has 0 amide bonds. The van der Waals surface area contributed by atoms with Crippen LogP contribution in [0.25, 0.3) is 0 Å². The van der Waals surface area contributed by atoms with Gasteiger partial charge in [-0.3, -0.25) is 14.6 Å². The normalized spacial score (nSPS) is 17.7. The van der Waals surface area contributed by atoms with Gasteiger partial charge in [0.1, 0.15) is 0 Å². The summed E-state index contributed by atoms with van der Waals surface area (Å²) in [5.74, 6) is 0. The molecule has 1 saturated heterocycles. The average molecular weight is 328 g/mol. The van der Waals surface area contributed by atoms with Crippen LogP contribution in [0.15, 0.2) is 30.7 Å². The first-order valence-corrected chi connectivity index (χ1v) is 9.00. The number of hydrogen-bond donors (Lipinski definition) is 0. The molecule has 1 atom stereocenters. The molecule has 2 aromatic heterocycles. The number of aromatic nitrogens is 3. The lowest BCUT2D eigenvalue weighted by Gasteiger charge is -2.25. The van der Waals surface area contributed by atoms with Gasteiger partial charge in [0.2, 0.25) is 0 Å². The van der Waals surface area contributed by atoms with Gasteiger partial charge in [-0.05, 0) is 43.9 Å². The van der Waals surface area contributed by atoms with E-state index in [0.717, 1.165) is 39.2 Å². The summed E-state index contributed by atoms with van der Waals surface area (Å²) in [7, 11) is 0. The quantitative estimate of drug-likeness (QED) is 0.746. The van der Waals surface area contributed by atoms with Crippen molar-refractivity contribution in [3.05, 3.63) is 47.5 Å². The lowest BCUT2D eigenvalue weighted by Crippen LogP contribution is -2.31. The van der Waals surface area contributed by atoms with Gasteiger partial charge in [0.05, 0.1) is 12.3 Å². The Morgan fingerprint density at radius 1 is 1.29 bits per heavy atom. The molecule has 0 radical (unpaired) electrons. The van der Waals surface area contributed by atoms with Crippen molar-refractivity contribution in [1.29, 1.82) is 0 Å². The molecular weight excluding hydrogens is 300 g/mol. The molecule has 2 aromatic rings. The summed E-state index contributed by atoms with van der Waals surface area (Å²) < 4.78 is 7.98. The third-order valence-corrected chi connectivity index (χ3v) is 4.68. The molecule has 1 aliphatic heterocycles. The lowest BCUT2D eigenvalue weighted by molar-refractivity contribution is 0.0678. The molecule has 0 N–H and O–H groups in total. The summed E-state index contributed by atoms with van der Waals surface area (Å²) in [5.41, 5.74) is 3.89. The second kappa shape index (κ2) is 8.40. The smallest absolute Gasteiger partial charge is 0.0703 e. The van der Waals surface area contributed by atoms with E-state index in [2.05, 4.69) is 45.6 Å². The Balaban J connectivity index is 1.71. The van der Waals surface area contributed by atoms with Gasteiger partial charge in [0, 0.05) is 56.4 Å². The van der Waals surface area contributed by atoms with E-state index in [1.54, 1.807) is 0 Å². The van der Waals surface area contributed by atoms with Crippen LogP contribution in [0, 0.1) is 6.92 Å². The molecule has 130 valence electrons. The van der Waals surface area contributed by atoms with Crippen LogP contribution < -0.4 is 0 Å². The van der Waals surface area contributed by atoms with Crippen molar-refractivity contribution in [2.24, 2.45) is 0 Å². The van der Waals surface area contributed by atoms with Crippen LogP contribution >= 0.6 is 0 Å². The van der Waals surface area contributed by atoms with Gasteiger partial charge in [-0.25, -0.2) is 0 Å². The zero-order valence-corrected chi connectivity index (χ0v) is 14.8. The summed E-state index contributed by atoms with van der Waals surface area (Å²) in [6, 6.07) is 4.19. The fourth-order valence-corrected chi connectivity index (χ4v) is 3.33. The Hall–Kier alpha value is -1.72. The van der Waals surface area contributed by atoms with E-state index < -0.39 is 0 Å². The molecule has 3 heterocycles. The SMILES string of the molecule is CCCn1ncc(CN(Cc2ccncc2)C[C@@H]2CCCO2)c1C. The highest BCUT2D eigenvalue weighted by Crippen LogP contribution is 2.18. The van der Waals surface area contributed by atoms with Gasteiger partial charge >= 0.3 is 0 Å². The van der Waals surface area contributed by atoms with Gasteiger partial charge in [0.15, 0.2) is 0 Å². The summed E-state index contributed by atoms with van der Waals surface area (Å²) >= 11 is 0. The third kappa shape index (κ3) is 4.42. The summed E-state index contributed by atoms with van der Waals surface area (Å²) in [6.45, 7) is 9.06. The molecule has 0 unspecified atom stereocenters. The Morgan fingerprint density at radius 3 is 2.83 bits per heavy atom. The van der Waals surface area contributed by atoms with E-state index in [9.17, 15) is 0 Å². The van der Waals surface area contributed by atoms with Crippen LogP contribution in [0.5, 0.6) is 0 Å².